The monoisotopic (exact) mass is 276 g/mol. The highest BCUT2D eigenvalue weighted by Gasteiger charge is 2.25. The van der Waals surface area contributed by atoms with Gasteiger partial charge in [0.05, 0.1) is 23.4 Å². The molecular weight excluding hydrogens is 252 g/mol. The summed E-state index contributed by atoms with van der Waals surface area (Å²) in [4.78, 5) is 0. The van der Waals surface area contributed by atoms with E-state index in [2.05, 4.69) is 5.10 Å². The van der Waals surface area contributed by atoms with Crippen LogP contribution in [0.1, 0.15) is 32.4 Å². The Hall–Kier alpha value is -1.39. The molecule has 2 aromatic rings. The Morgan fingerprint density at radius 2 is 1.80 bits per heavy atom. The minimum atomic E-state index is -0.766. The van der Waals surface area contributed by atoms with E-state index in [1.54, 1.807) is 0 Å². The topological polar surface area (TPSA) is 58.3 Å². The first kappa shape index (κ1) is 15.0. The minimum absolute atomic E-state index is 0.139. The Morgan fingerprint density at radius 1 is 1.15 bits per heavy atom. The Morgan fingerprint density at radius 3 is 2.45 bits per heavy atom. The van der Waals surface area contributed by atoms with Crippen LogP contribution in [0.4, 0.5) is 0 Å². The third-order valence-electron chi connectivity index (χ3n) is 4.16. The van der Waals surface area contributed by atoms with E-state index in [0.717, 1.165) is 29.4 Å². The first-order chi connectivity index (χ1) is 9.58. The number of rotatable bonds is 6. The van der Waals surface area contributed by atoms with Gasteiger partial charge in [0.25, 0.3) is 0 Å². The summed E-state index contributed by atoms with van der Waals surface area (Å²) in [6, 6.07) is 7.96. The Kier molecular flexibility index (Phi) is 4.78. The van der Waals surface area contributed by atoms with Gasteiger partial charge in [-0.15, -0.1) is 0 Å². The Balaban J connectivity index is 2.19. The predicted octanol–water partition coefficient (Wildman–Crippen LogP) is 2.27. The molecule has 20 heavy (non-hydrogen) atoms. The molecule has 0 spiro atoms. The smallest absolute Gasteiger partial charge is 0.0858 e. The zero-order chi connectivity index (χ0) is 14.7. The normalized spacial score (nSPS) is 14.9. The summed E-state index contributed by atoms with van der Waals surface area (Å²) in [6.45, 7) is 4.08. The molecule has 0 amide bonds. The molecule has 4 heteroatoms. The fourth-order valence-corrected chi connectivity index (χ4v) is 2.84. The highest BCUT2D eigenvalue weighted by molar-refractivity contribution is 5.81. The first-order valence-electron chi connectivity index (χ1n) is 7.35. The summed E-state index contributed by atoms with van der Waals surface area (Å²) in [7, 11) is 1.90. The van der Waals surface area contributed by atoms with Crippen molar-refractivity contribution in [3.8, 4) is 0 Å². The van der Waals surface area contributed by atoms with Gasteiger partial charge < -0.3 is 10.2 Å². The van der Waals surface area contributed by atoms with Crippen LogP contribution in [0.15, 0.2) is 24.3 Å². The minimum Gasteiger partial charge on any atom is -0.390 e. The van der Waals surface area contributed by atoms with Gasteiger partial charge in [-0.25, -0.2) is 0 Å². The van der Waals surface area contributed by atoms with Crippen LogP contribution in [-0.2, 0) is 13.5 Å². The van der Waals surface area contributed by atoms with Crippen LogP contribution in [0.2, 0.25) is 0 Å². The zero-order valence-electron chi connectivity index (χ0n) is 12.5. The number of aromatic nitrogens is 2. The lowest BCUT2D eigenvalue weighted by Crippen LogP contribution is -2.34. The van der Waals surface area contributed by atoms with Gasteiger partial charge in [-0.1, -0.05) is 44.9 Å². The van der Waals surface area contributed by atoms with E-state index in [4.69, 9.17) is 0 Å². The van der Waals surface area contributed by atoms with Gasteiger partial charge in [0, 0.05) is 18.9 Å². The number of fused-ring (bicyclic) bond motifs is 1. The fraction of sp³-hybridized carbons (Fsp3) is 0.562. The molecule has 0 bridgehead atoms. The SMILES string of the molecule is CCC(CC)C(O)C(O)Cc1nn(C)c2ccccc12. The van der Waals surface area contributed by atoms with E-state index < -0.39 is 12.2 Å². The number of hydrogen-bond donors (Lipinski definition) is 2. The van der Waals surface area contributed by atoms with Crippen molar-refractivity contribution in [3.05, 3.63) is 30.0 Å². The van der Waals surface area contributed by atoms with Gasteiger partial charge in [-0.2, -0.15) is 5.10 Å². The van der Waals surface area contributed by atoms with E-state index in [1.807, 2.05) is 49.8 Å². The highest BCUT2D eigenvalue weighted by atomic mass is 16.3. The second-order valence-electron chi connectivity index (χ2n) is 5.43. The van der Waals surface area contributed by atoms with Crippen LogP contribution in [0, 0.1) is 5.92 Å². The quantitative estimate of drug-likeness (QED) is 0.851. The number of hydrogen-bond acceptors (Lipinski definition) is 3. The summed E-state index contributed by atoms with van der Waals surface area (Å²) in [6.07, 6.45) is 0.679. The lowest BCUT2D eigenvalue weighted by Gasteiger charge is -2.24. The van der Waals surface area contributed by atoms with Crippen molar-refractivity contribution in [2.45, 2.75) is 45.3 Å². The number of aliphatic hydroxyl groups is 2. The maximum Gasteiger partial charge on any atom is 0.0858 e. The van der Waals surface area contributed by atoms with E-state index in [9.17, 15) is 10.2 Å². The van der Waals surface area contributed by atoms with Crippen molar-refractivity contribution in [1.82, 2.24) is 9.78 Å². The number of nitrogens with zero attached hydrogens (tertiary/aromatic N) is 2. The Bertz CT molecular complexity index is 561. The third kappa shape index (κ3) is 2.86. The first-order valence-corrected chi connectivity index (χ1v) is 7.35. The average Bonchev–Trinajstić information content (AvgIpc) is 2.77. The molecule has 0 aliphatic rings. The molecule has 0 saturated heterocycles. The molecule has 0 fully saturated rings. The van der Waals surface area contributed by atoms with Gasteiger partial charge in [0.15, 0.2) is 0 Å². The van der Waals surface area contributed by atoms with Crippen LogP contribution < -0.4 is 0 Å². The molecule has 1 heterocycles. The molecule has 0 aliphatic heterocycles. The van der Waals surface area contributed by atoms with E-state index in [-0.39, 0.29) is 5.92 Å². The second kappa shape index (κ2) is 6.37. The largest absolute Gasteiger partial charge is 0.390 e. The second-order valence-corrected chi connectivity index (χ2v) is 5.43. The van der Waals surface area contributed by atoms with E-state index >= 15 is 0 Å². The molecule has 2 rings (SSSR count). The fourth-order valence-electron chi connectivity index (χ4n) is 2.84. The van der Waals surface area contributed by atoms with Crippen molar-refractivity contribution < 1.29 is 10.2 Å². The van der Waals surface area contributed by atoms with Gasteiger partial charge in [0.1, 0.15) is 0 Å². The van der Waals surface area contributed by atoms with E-state index in [1.165, 1.54) is 0 Å². The van der Waals surface area contributed by atoms with Crippen molar-refractivity contribution in [2.75, 3.05) is 0 Å². The summed E-state index contributed by atoms with van der Waals surface area (Å²) < 4.78 is 1.82. The maximum atomic E-state index is 10.3. The van der Waals surface area contributed by atoms with Gasteiger partial charge >= 0.3 is 0 Å². The summed E-state index contributed by atoms with van der Waals surface area (Å²) >= 11 is 0. The summed E-state index contributed by atoms with van der Waals surface area (Å²) in [5, 5.41) is 26.0. The molecule has 0 aliphatic carbocycles. The zero-order valence-corrected chi connectivity index (χ0v) is 12.5. The van der Waals surface area contributed by atoms with Crippen molar-refractivity contribution >= 4 is 10.9 Å². The molecule has 4 nitrogen and oxygen atoms in total. The van der Waals surface area contributed by atoms with Crippen LogP contribution in [0.25, 0.3) is 10.9 Å². The van der Waals surface area contributed by atoms with Crippen LogP contribution in [0.5, 0.6) is 0 Å². The van der Waals surface area contributed by atoms with Crippen molar-refractivity contribution in [2.24, 2.45) is 13.0 Å². The predicted molar refractivity (Wildman–Crippen MR) is 80.5 cm³/mol. The van der Waals surface area contributed by atoms with E-state index in [0.29, 0.717) is 6.42 Å². The van der Waals surface area contributed by atoms with Crippen LogP contribution >= 0.6 is 0 Å². The standard InChI is InChI=1S/C16H24N2O2/c1-4-11(5-2)16(20)15(19)10-13-12-8-6-7-9-14(12)18(3)17-13/h6-9,11,15-16,19-20H,4-5,10H2,1-3H3. The van der Waals surface area contributed by atoms with Gasteiger partial charge in [0.2, 0.25) is 0 Å². The lowest BCUT2D eigenvalue weighted by molar-refractivity contribution is -0.0191. The molecule has 0 saturated carbocycles. The molecule has 2 N–H and O–H groups in total. The molecule has 1 aromatic carbocycles. The number of benzene rings is 1. The van der Waals surface area contributed by atoms with Crippen LogP contribution in [0.3, 0.4) is 0 Å². The van der Waals surface area contributed by atoms with Gasteiger partial charge in [-0.3, -0.25) is 4.68 Å². The summed E-state index contributed by atoms with van der Waals surface area (Å²) in [5.41, 5.74) is 1.90. The highest BCUT2D eigenvalue weighted by Crippen LogP contribution is 2.22. The third-order valence-corrected chi connectivity index (χ3v) is 4.16. The molecular formula is C16H24N2O2. The number of aryl methyl sites for hydroxylation is 1. The molecule has 2 atom stereocenters. The molecule has 110 valence electrons. The van der Waals surface area contributed by atoms with Crippen LogP contribution in [-0.4, -0.2) is 32.2 Å². The molecule has 2 unspecified atom stereocenters. The lowest BCUT2D eigenvalue weighted by atomic mass is 9.90. The van der Waals surface area contributed by atoms with Crippen molar-refractivity contribution in [3.63, 3.8) is 0 Å². The average molecular weight is 276 g/mol. The molecule has 1 aromatic heterocycles. The van der Waals surface area contributed by atoms with Gasteiger partial charge in [-0.05, 0) is 12.0 Å². The van der Waals surface area contributed by atoms with Crippen molar-refractivity contribution in [1.29, 1.82) is 0 Å². The molecule has 0 radical (unpaired) electrons. The maximum absolute atomic E-state index is 10.3. The summed E-state index contributed by atoms with van der Waals surface area (Å²) in [5.74, 6) is 0.139. The Labute approximate surface area is 120 Å². The number of aliphatic hydroxyl groups excluding tert-OH is 2. The number of para-hydroxylation sites is 1.